The fourth-order valence-electron chi connectivity index (χ4n) is 5.48. The second-order valence-electron chi connectivity index (χ2n) is 10.6. The van der Waals surface area contributed by atoms with E-state index in [9.17, 15) is 10.0 Å². The number of amides is 1. The average molecular weight is 622 g/mol. The molecule has 2 unspecified atom stereocenters. The fraction of sp³-hybridized carbons (Fsp3) is 0.382. The summed E-state index contributed by atoms with van der Waals surface area (Å²) < 4.78 is 45.3. The number of ether oxygens (including phenoxy) is 8. The molecule has 1 saturated heterocycles. The molecule has 0 spiro atoms. The summed E-state index contributed by atoms with van der Waals surface area (Å²) in [5, 5.41) is 11.1. The van der Waals surface area contributed by atoms with Crippen LogP contribution in [0, 0.1) is 0 Å². The second-order valence-corrected chi connectivity index (χ2v) is 10.6. The lowest BCUT2D eigenvalue weighted by molar-refractivity contribution is -0.0204. The van der Waals surface area contributed by atoms with Gasteiger partial charge in [0.05, 0.1) is 47.8 Å². The third-order valence-corrected chi connectivity index (χ3v) is 7.76. The van der Waals surface area contributed by atoms with Gasteiger partial charge in [0, 0.05) is 23.2 Å². The van der Waals surface area contributed by atoms with Crippen LogP contribution in [0.1, 0.15) is 58.8 Å². The number of carbonyl (C=O) groups is 1. The third kappa shape index (κ3) is 6.89. The van der Waals surface area contributed by atoms with Gasteiger partial charge in [-0.3, -0.25) is 10.0 Å². The monoisotopic (exact) mass is 621 g/mol. The molecule has 5 rings (SSSR count). The largest absolute Gasteiger partial charge is 0.493 e. The SMILES string of the molecule is CCCOc1c(C/C=C/N(O)C(=O)c2ccc3c(c2)OCO3)cc(C2COC(c3cc(OC)c(OC)c(OC)c3)C2)cc1OC. The molecule has 0 aromatic heterocycles. The quantitative estimate of drug-likeness (QED) is 0.178. The second kappa shape index (κ2) is 14.4. The Labute approximate surface area is 262 Å². The van der Waals surface area contributed by atoms with Gasteiger partial charge in [-0.1, -0.05) is 19.1 Å². The van der Waals surface area contributed by atoms with E-state index < -0.39 is 5.91 Å². The standard InChI is InChI=1S/C34H39NO10/c1-6-12-42-32-21(8-7-11-35(37)34(36)22-9-10-26-28(14-22)45-20-44-26)13-23(15-29(32)38-2)25-18-27(43-19-25)24-16-30(39-3)33(41-5)31(17-24)40-4/h7,9-11,13-17,25,27,37H,6,8,12,18-20H2,1-5H3/b11-7+. The summed E-state index contributed by atoms with van der Waals surface area (Å²) >= 11 is 0. The van der Waals surface area contributed by atoms with Crippen molar-refractivity contribution in [2.24, 2.45) is 0 Å². The zero-order valence-corrected chi connectivity index (χ0v) is 26.2. The number of hydrogen-bond acceptors (Lipinski definition) is 10. The van der Waals surface area contributed by atoms with Crippen molar-refractivity contribution in [1.29, 1.82) is 0 Å². The summed E-state index contributed by atoms with van der Waals surface area (Å²) in [5.41, 5.74) is 3.09. The number of hydrogen-bond donors (Lipinski definition) is 1. The van der Waals surface area contributed by atoms with Crippen molar-refractivity contribution in [3.63, 3.8) is 0 Å². The van der Waals surface area contributed by atoms with Crippen LogP contribution in [0.2, 0.25) is 0 Å². The predicted molar refractivity (Wildman–Crippen MR) is 164 cm³/mol. The predicted octanol–water partition coefficient (Wildman–Crippen LogP) is 6.07. The minimum absolute atomic E-state index is 0.0767. The lowest BCUT2D eigenvalue weighted by Crippen LogP contribution is -2.21. The molecule has 2 aliphatic heterocycles. The lowest BCUT2D eigenvalue weighted by Gasteiger charge is -2.19. The molecule has 0 radical (unpaired) electrons. The molecule has 3 aromatic carbocycles. The lowest BCUT2D eigenvalue weighted by atomic mass is 9.91. The van der Waals surface area contributed by atoms with E-state index in [4.69, 9.17) is 37.9 Å². The van der Waals surface area contributed by atoms with Gasteiger partial charge >= 0.3 is 0 Å². The first-order valence-electron chi connectivity index (χ1n) is 14.7. The highest BCUT2D eigenvalue weighted by Crippen LogP contribution is 2.46. The summed E-state index contributed by atoms with van der Waals surface area (Å²) in [4.78, 5) is 12.8. The number of hydroxylamine groups is 2. The number of benzene rings is 3. The van der Waals surface area contributed by atoms with Crippen LogP contribution in [-0.2, 0) is 11.2 Å². The molecule has 2 heterocycles. The molecule has 1 amide bonds. The molecule has 11 nitrogen and oxygen atoms in total. The van der Waals surface area contributed by atoms with Crippen LogP contribution < -0.4 is 33.2 Å². The minimum atomic E-state index is -0.598. The van der Waals surface area contributed by atoms with Gasteiger partial charge in [-0.2, -0.15) is 5.06 Å². The van der Waals surface area contributed by atoms with Gasteiger partial charge in [0.2, 0.25) is 12.5 Å². The molecular weight excluding hydrogens is 582 g/mol. The number of methoxy groups -OCH3 is 4. The number of fused-ring (bicyclic) bond motifs is 1. The van der Waals surface area contributed by atoms with Crippen molar-refractivity contribution in [3.8, 4) is 40.2 Å². The summed E-state index contributed by atoms with van der Waals surface area (Å²) in [6, 6.07) is 12.7. The smallest absolute Gasteiger partial charge is 0.281 e. The van der Waals surface area contributed by atoms with Crippen LogP contribution in [0.3, 0.4) is 0 Å². The van der Waals surface area contributed by atoms with Crippen LogP contribution in [0.15, 0.2) is 54.7 Å². The van der Waals surface area contributed by atoms with Crippen LogP contribution in [0.4, 0.5) is 0 Å². The number of allylic oxidation sites excluding steroid dienone is 1. The number of nitrogens with zero attached hydrogens (tertiary/aromatic N) is 1. The highest BCUT2D eigenvalue weighted by atomic mass is 16.7. The zero-order chi connectivity index (χ0) is 31.9. The number of carbonyl (C=O) groups excluding carboxylic acids is 1. The molecule has 0 bridgehead atoms. The first kappa shape index (κ1) is 31.8. The van der Waals surface area contributed by atoms with E-state index in [0.29, 0.717) is 64.9 Å². The zero-order valence-electron chi connectivity index (χ0n) is 26.2. The van der Waals surface area contributed by atoms with E-state index >= 15 is 0 Å². The Morgan fingerprint density at radius 3 is 2.29 bits per heavy atom. The van der Waals surface area contributed by atoms with Crippen molar-refractivity contribution in [3.05, 3.63) is 77.0 Å². The Balaban J connectivity index is 1.35. The van der Waals surface area contributed by atoms with Crippen LogP contribution in [0.25, 0.3) is 0 Å². The summed E-state index contributed by atoms with van der Waals surface area (Å²) in [7, 11) is 6.37. The van der Waals surface area contributed by atoms with Gasteiger partial charge in [0.1, 0.15) is 0 Å². The highest BCUT2D eigenvalue weighted by Gasteiger charge is 2.31. The summed E-state index contributed by atoms with van der Waals surface area (Å²) in [5.74, 6) is 3.40. The van der Waals surface area contributed by atoms with Crippen LogP contribution >= 0.6 is 0 Å². The van der Waals surface area contributed by atoms with Gasteiger partial charge in [-0.15, -0.1) is 0 Å². The summed E-state index contributed by atoms with van der Waals surface area (Å²) in [6.45, 7) is 3.14. The highest BCUT2D eigenvalue weighted by molar-refractivity contribution is 5.94. The van der Waals surface area contributed by atoms with Crippen molar-refractivity contribution >= 4 is 5.91 Å². The van der Waals surface area contributed by atoms with Gasteiger partial charge in [-0.05, 0) is 66.8 Å². The maximum Gasteiger partial charge on any atom is 0.281 e. The topological polar surface area (TPSA) is 114 Å². The molecule has 11 heteroatoms. The van der Waals surface area contributed by atoms with Gasteiger partial charge in [0.15, 0.2) is 34.5 Å². The minimum Gasteiger partial charge on any atom is -0.493 e. The van der Waals surface area contributed by atoms with Crippen molar-refractivity contribution < 1.29 is 47.9 Å². The molecule has 240 valence electrons. The molecule has 1 N–H and O–H groups in total. The van der Waals surface area contributed by atoms with Crippen molar-refractivity contribution in [2.45, 2.75) is 38.2 Å². The maximum absolute atomic E-state index is 12.8. The molecule has 2 atom stereocenters. The van der Waals surface area contributed by atoms with E-state index in [2.05, 4.69) is 6.07 Å². The average Bonchev–Trinajstić information content (AvgIpc) is 3.76. The van der Waals surface area contributed by atoms with Crippen molar-refractivity contribution in [1.82, 2.24) is 5.06 Å². The van der Waals surface area contributed by atoms with E-state index in [1.165, 1.54) is 6.20 Å². The number of rotatable bonds is 13. The molecule has 2 aliphatic rings. The van der Waals surface area contributed by atoms with Crippen LogP contribution in [-0.4, -0.2) is 64.6 Å². The van der Waals surface area contributed by atoms with E-state index in [1.54, 1.807) is 52.7 Å². The first-order chi connectivity index (χ1) is 21.9. The Bertz CT molecular complexity index is 1510. The van der Waals surface area contributed by atoms with Crippen molar-refractivity contribution in [2.75, 3.05) is 48.4 Å². The fourth-order valence-corrected chi connectivity index (χ4v) is 5.48. The summed E-state index contributed by atoms with van der Waals surface area (Å²) in [6.07, 6.45) is 4.76. The maximum atomic E-state index is 12.8. The Hall–Kier alpha value is -4.61. The van der Waals surface area contributed by atoms with Gasteiger partial charge < -0.3 is 37.9 Å². The Kier molecular flexibility index (Phi) is 10.2. The van der Waals surface area contributed by atoms with Gasteiger partial charge in [-0.25, -0.2) is 0 Å². The molecular formula is C34H39NO10. The normalized spacial score (nSPS) is 16.9. The molecule has 45 heavy (non-hydrogen) atoms. The molecule has 1 fully saturated rings. The first-order valence-corrected chi connectivity index (χ1v) is 14.7. The third-order valence-electron chi connectivity index (χ3n) is 7.76. The molecule has 0 aliphatic carbocycles. The van der Waals surface area contributed by atoms with Gasteiger partial charge in [0.25, 0.3) is 5.91 Å². The molecule has 0 saturated carbocycles. The van der Waals surface area contributed by atoms with Crippen LogP contribution in [0.5, 0.6) is 40.2 Å². The van der Waals surface area contributed by atoms with E-state index in [-0.39, 0.29) is 24.4 Å². The Morgan fingerprint density at radius 1 is 0.911 bits per heavy atom. The van der Waals surface area contributed by atoms with E-state index in [0.717, 1.165) is 29.5 Å². The van der Waals surface area contributed by atoms with E-state index in [1.807, 2.05) is 25.1 Å². The molecule has 3 aromatic rings. The Morgan fingerprint density at radius 2 is 1.60 bits per heavy atom.